The number of H-pyrrole nitrogens is 1. The van der Waals surface area contributed by atoms with Crippen molar-refractivity contribution < 1.29 is 18.0 Å². The van der Waals surface area contributed by atoms with Crippen molar-refractivity contribution in [3.8, 4) is 5.69 Å². The molecule has 2 heterocycles. The fourth-order valence-corrected chi connectivity index (χ4v) is 1.83. The highest BCUT2D eigenvalue weighted by molar-refractivity contribution is 6.02. The van der Waals surface area contributed by atoms with Gasteiger partial charge in [-0.05, 0) is 18.2 Å². The molecule has 0 unspecified atom stereocenters. The molecule has 0 radical (unpaired) electrons. The SMILES string of the molecule is O=C(Nc1ccn[nH]1)c1cn(-c2cccc(C(F)(F)F)c2)nn1. The molecule has 0 saturated heterocycles. The van der Waals surface area contributed by atoms with Crippen molar-refractivity contribution in [2.75, 3.05) is 5.32 Å². The first-order chi connectivity index (χ1) is 10.9. The van der Waals surface area contributed by atoms with E-state index < -0.39 is 17.6 Å². The van der Waals surface area contributed by atoms with E-state index in [0.29, 0.717) is 5.82 Å². The van der Waals surface area contributed by atoms with Crippen LogP contribution < -0.4 is 5.32 Å². The van der Waals surface area contributed by atoms with Crippen LogP contribution in [-0.2, 0) is 6.18 Å². The van der Waals surface area contributed by atoms with Gasteiger partial charge in [-0.3, -0.25) is 9.89 Å². The van der Waals surface area contributed by atoms with Crippen LogP contribution in [0, 0.1) is 0 Å². The van der Waals surface area contributed by atoms with Crippen LogP contribution in [0.3, 0.4) is 0 Å². The van der Waals surface area contributed by atoms with Crippen molar-refractivity contribution in [3.63, 3.8) is 0 Å². The Morgan fingerprint density at radius 2 is 2.09 bits per heavy atom. The Morgan fingerprint density at radius 3 is 2.78 bits per heavy atom. The summed E-state index contributed by atoms with van der Waals surface area (Å²) in [4.78, 5) is 11.9. The Morgan fingerprint density at radius 1 is 1.26 bits per heavy atom. The highest BCUT2D eigenvalue weighted by atomic mass is 19.4. The zero-order chi connectivity index (χ0) is 16.4. The molecular formula is C13H9F3N6O. The summed E-state index contributed by atoms with van der Waals surface area (Å²) in [6.07, 6.45) is -1.77. The minimum atomic E-state index is -4.46. The Hall–Kier alpha value is -3.17. The number of alkyl halides is 3. The van der Waals surface area contributed by atoms with E-state index in [4.69, 9.17) is 0 Å². The molecule has 23 heavy (non-hydrogen) atoms. The number of nitrogens with one attached hydrogen (secondary N) is 2. The first kappa shape index (κ1) is 14.8. The Balaban J connectivity index is 1.83. The highest BCUT2D eigenvalue weighted by Crippen LogP contribution is 2.30. The average Bonchev–Trinajstić information content (AvgIpc) is 3.17. The van der Waals surface area contributed by atoms with Crippen molar-refractivity contribution in [2.45, 2.75) is 6.18 Å². The molecule has 0 aliphatic heterocycles. The lowest BCUT2D eigenvalue weighted by atomic mass is 10.2. The molecule has 118 valence electrons. The summed E-state index contributed by atoms with van der Waals surface area (Å²) in [7, 11) is 0. The number of amides is 1. The van der Waals surface area contributed by atoms with Crippen LogP contribution in [0.25, 0.3) is 5.69 Å². The Kier molecular flexibility index (Phi) is 3.56. The smallest absolute Gasteiger partial charge is 0.305 e. The summed E-state index contributed by atoms with van der Waals surface area (Å²) < 4.78 is 39.2. The molecule has 0 bridgehead atoms. The normalized spacial score (nSPS) is 11.4. The van der Waals surface area contributed by atoms with Gasteiger partial charge in [0.25, 0.3) is 5.91 Å². The standard InChI is InChI=1S/C13H9F3N6O/c14-13(15,16)8-2-1-3-9(6-8)22-7-10(19-21-22)12(23)18-11-4-5-17-20-11/h1-7H,(H2,17,18,20,23). The molecule has 0 aliphatic carbocycles. The highest BCUT2D eigenvalue weighted by Gasteiger charge is 2.30. The fraction of sp³-hybridized carbons (Fsp3) is 0.0769. The number of anilines is 1. The number of nitrogens with zero attached hydrogens (tertiary/aromatic N) is 4. The monoisotopic (exact) mass is 322 g/mol. The number of carbonyl (C=O) groups excluding carboxylic acids is 1. The van der Waals surface area contributed by atoms with E-state index in [-0.39, 0.29) is 11.4 Å². The van der Waals surface area contributed by atoms with Crippen molar-refractivity contribution in [1.29, 1.82) is 0 Å². The van der Waals surface area contributed by atoms with Crippen LogP contribution >= 0.6 is 0 Å². The molecule has 0 spiro atoms. The van der Waals surface area contributed by atoms with Crippen LogP contribution in [0.1, 0.15) is 16.1 Å². The number of benzene rings is 1. The van der Waals surface area contributed by atoms with Gasteiger partial charge in [-0.25, -0.2) is 4.68 Å². The van der Waals surface area contributed by atoms with Gasteiger partial charge in [0.1, 0.15) is 5.82 Å². The van der Waals surface area contributed by atoms with Crippen LogP contribution in [-0.4, -0.2) is 31.1 Å². The van der Waals surface area contributed by atoms with Gasteiger partial charge < -0.3 is 5.32 Å². The number of carbonyl (C=O) groups is 1. The molecule has 0 fully saturated rings. The molecule has 0 atom stereocenters. The molecule has 10 heteroatoms. The fourth-order valence-electron chi connectivity index (χ4n) is 1.83. The van der Waals surface area contributed by atoms with Gasteiger partial charge >= 0.3 is 6.18 Å². The van der Waals surface area contributed by atoms with E-state index in [1.54, 1.807) is 0 Å². The zero-order valence-electron chi connectivity index (χ0n) is 11.4. The third-order valence-electron chi connectivity index (χ3n) is 2.91. The molecule has 7 nitrogen and oxygen atoms in total. The molecule has 0 saturated carbocycles. The maximum atomic E-state index is 12.7. The molecule has 2 N–H and O–H groups in total. The van der Waals surface area contributed by atoms with Gasteiger partial charge in [-0.2, -0.15) is 18.3 Å². The van der Waals surface area contributed by atoms with Gasteiger partial charge in [-0.15, -0.1) is 5.10 Å². The molecule has 1 aromatic carbocycles. The number of rotatable bonds is 3. The first-order valence-corrected chi connectivity index (χ1v) is 6.34. The third-order valence-corrected chi connectivity index (χ3v) is 2.91. The van der Waals surface area contributed by atoms with E-state index in [2.05, 4.69) is 25.8 Å². The molecule has 0 aliphatic rings. The van der Waals surface area contributed by atoms with Crippen LogP contribution in [0.5, 0.6) is 0 Å². The number of aromatic amines is 1. The predicted molar refractivity (Wildman–Crippen MR) is 72.9 cm³/mol. The quantitative estimate of drug-likeness (QED) is 0.774. The Labute approximate surface area is 127 Å². The summed E-state index contributed by atoms with van der Waals surface area (Å²) in [5.74, 6) is -0.198. The van der Waals surface area contributed by atoms with E-state index in [1.807, 2.05) is 0 Å². The average molecular weight is 322 g/mol. The number of hydrogen-bond acceptors (Lipinski definition) is 4. The van der Waals surface area contributed by atoms with E-state index in [9.17, 15) is 18.0 Å². The zero-order valence-corrected chi connectivity index (χ0v) is 11.4. The summed E-state index contributed by atoms with van der Waals surface area (Å²) in [6.45, 7) is 0. The summed E-state index contributed by atoms with van der Waals surface area (Å²) >= 11 is 0. The van der Waals surface area contributed by atoms with Gasteiger partial charge in [0.05, 0.1) is 23.6 Å². The number of hydrogen-bond donors (Lipinski definition) is 2. The maximum absolute atomic E-state index is 12.7. The molecule has 3 aromatic rings. The number of aromatic nitrogens is 5. The van der Waals surface area contributed by atoms with E-state index >= 15 is 0 Å². The van der Waals surface area contributed by atoms with Crippen molar-refractivity contribution >= 4 is 11.7 Å². The molecule has 1 amide bonds. The molecular weight excluding hydrogens is 313 g/mol. The lowest BCUT2D eigenvalue weighted by Gasteiger charge is -2.07. The largest absolute Gasteiger partial charge is 0.416 e. The molecule has 3 rings (SSSR count). The van der Waals surface area contributed by atoms with Gasteiger partial charge in [0.2, 0.25) is 0 Å². The third kappa shape index (κ3) is 3.20. The second-order valence-electron chi connectivity index (χ2n) is 4.52. The van der Waals surface area contributed by atoms with Crippen LogP contribution in [0.15, 0.2) is 42.7 Å². The van der Waals surface area contributed by atoms with E-state index in [1.165, 1.54) is 30.6 Å². The van der Waals surface area contributed by atoms with Crippen molar-refractivity contribution in [3.05, 3.63) is 54.0 Å². The predicted octanol–water partition coefficient (Wildman–Crippen LogP) is 2.26. The Bertz CT molecular complexity index is 824. The van der Waals surface area contributed by atoms with Gasteiger partial charge in [-0.1, -0.05) is 11.3 Å². The summed E-state index contributed by atoms with van der Waals surface area (Å²) in [6, 6.07) is 6.09. The van der Waals surface area contributed by atoms with Crippen LogP contribution in [0.4, 0.5) is 19.0 Å². The van der Waals surface area contributed by atoms with Gasteiger partial charge in [0.15, 0.2) is 5.69 Å². The molecule has 2 aromatic heterocycles. The minimum absolute atomic E-state index is 0.0444. The lowest BCUT2D eigenvalue weighted by Crippen LogP contribution is -2.12. The topological polar surface area (TPSA) is 88.5 Å². The lowest BCUT2D eigenvalue weighted by molar-refractivity contribution is -0.137. The maximum Gasteiger partial charge on any atom is 0.416 e. The number of halogens is 3. The van der Waals surface area contributed by atoms with Crippen LogP contribution in [0.2, 0.25) is 0 Å². The second-order valence-corrected chi connectivity index (χ2v) is 4.52. The van der Waals surface area contributed by atoms with Gasteiger partial charge in [0, 0.05) is 6.07 Å². The van der Waals surface area contributed by atoms with Crippen molar-refractivity contribution in [2.24, 2.45) is 0 Å². The second kappa shape index (κ2) is 5.55. The summed E-state index contributed by atoms with van der Waals surface area (Å²) in [5.41, 5.74) is -0.709. The van der Waals surface area contributed by atoms with E-state index in [0.717, 1.165) is 16.8 Å². The van der Waals surface area contributed by atoms with Crippen molar-refractivity contribution in [1.82, 2.24) is 25.2 Å². The minimum Gasteiger partial charge on any atom is -0.305 e. The first-order valence-electron chi connectivity index (χ1n) is 6.34. The summed E-state index contributed by atoms with van der Waals surface area (Å²) in [5, 5.41) is 16.0.